The van der Waals surface area contributed by atoms with Crippen LogP contribution in [0.1, 0.15) is 14.5 Å². The molecule has 0 amide bonds. The summed E-state index contributed by atoms with van der Waals surface area (Å²) < 4.78 is 3.71. The molecule has 0 saturated carbocycles. The quantitative estimate of drug-likeness (QED) is 0.341. The Balaban J connectivity index is 0.00000176. The van der Waals surface area contributed by atoms with Crippen molar-refractivity contribution in [2.75, 3.05) is 0 Å². The molecule has 0 bridgehead atoms. The van der Waals surface area contributed by atoms with Gasteiger partial charge in [-0.05, 0) is 29.0 Å². The van der Waals surface area contributed by atoms with Gasteiger partial charge in [0.25, 0.3) is 6.33 Å². The Morgan fingerprint density at radius 3 is 2.50 bits per heavy atom. The first-order valence-electron chi connectivity index (χ1n) is 6.42. The van der Waals surface area contributed by atoms with E-state index >= 15 is 0 Å². The van der Waals surface area contributed by atoms with Gasteiger partial charge in [0.2, 0.25) is 6.33 Å². The zero-order valence-electron chi connectivity index (χ0n) is 11.8. The molecule has 0 fully saturated rings. The van der Waals surface area contributed by atoms with Crippen molar-refractivity contribution in [1.29, 1.82) is 0 Å². The van der Waals surface area contributed by atoms with E-state index in [1.165, 1.54) is 11.3 Å². The SMILES string of the molecule is Cn1c[n+](C/C(=C\C(=O)c2cccs2)c2cccs2)cn1.[Br-]. The summed E-state index contributed by atoms with van der Waals surface area (Å²) in [6.07, 6.45) is 5.39. The van der Waals surface area contributed by atoms with Crippen LogP contribution < -0.4 is 21.5 Å². The standard InChI is InChI=1S/C15H14N3OS2.BrH/c1-17-11-18(10-16-17)9-12(14-4-2-6-20-14)8-13(19)15-5-3-7-21-15;/h2-8,10-11H,9H2,1H3;1H/q+1;/p-1/b12-8+;. The van der Waals surface area contributed by atoms with Crippen molar-refractivity contribution >= 4 is 34.0 Å². The normalized spacial score (nSPS) is 11.2. The van der Waals surface area contributed by atoms with Crippen LogP contribution in [0.5, 0.6) is 0 Å². The lowest BCUT2D eigenvalue weighted by Gasteiger charge is -2.02. The minimum Gasteiger partial charge on any atom is -1.00 e. The molecule has 7 heteroatoms. The fourth-order valence-electron chi connectivity index (χ4n) is 2.00. The van der Waals surface area contributed by atoms with Crippen LogP contribution in [0.15, 0.2) is 53.8 Å². The Morgan fingerprint density at radius 1 is 1.27 bits per heavy atom. The highest BCUT2D eigenvalue weighted by Gasteiger charge is 2.12. The molecule has 0 radical (unpaired) electrons. The number of aryl methyl sites for hydroxylation is 1. The number of thiophene rings is 2. The van der Waals surface area contributed by atoms with Crippen molar-refractivity contribution in [2.24, 2.45) is 7.05 Å². The average Bonchev–Trinajstić information content (AvgIpc) is 3.21. The van der Waals surface area contributed by atoms with Crippen LogP contribution in [0.3, 0.4) is 0 Å². The maximum absolute atomic E-state index is 12.3. The van der Waals surface area contributed by atoms with Crippen molar-refractivity contribution in [3.8, 4) is 0 Å². The van der Waals surface area contributed by atoms with E-state index in [1.807, 2.05) is 53.0 Å². The van der Waals surface area contributed by atoms with E-state index < -0.39 is 0 Å². The van der Waals surface area contributed by atoms with Gasteiger partial charge in [-0.15, -0.1) is 27.4 Å². The molecule has 3 aromatic heterocycles. The van der Waals surface area contributed by atoms with E-state index in [9.17, 15) is 4.79 Å². The van der Waals surface area contributed by atoms with Gasteiger partial charge in [0, 0.05) is 15.5 Å². The Bertz CT molecular complexity index is 761. The number of carbonyl (C=O) groups is 1. The molecule has 0 saturated heterocycles. The molecule has 114 valence electrons. The summed E-state index contributed by atoms with van der Waals surface area (Å²) in [5.41, 5.74) is 1.00. The molecule has 3 rings (SSSR count). The van der Waals surface area contributed by atoms with Gasteiger partial charge in [-0.25, -0.2) is 4.57 Å². The van der Waals surface area contributed by atoms with Crippen LogP contribution in [0.4, 0.5) is 0 Å². The fourth-order valence-corrected chi connectivity index (χ4v) is 3.38. The minimum absolute atomic E-state index is 0. The van der Waals surface area contributed by atoms with E-state index in [4.69, 9.17) is 0 Å². The van der Waals surface area contributed by atoms with E-state index in [0.29, 0.717) is 6.54 Å². The number of halogens is 1. The predicted molar refractivity (Wildman–Crippen MR) is 84.3 cm³/mol. The van der Waals surface area contributed by atoms with Crippen LogP contribution in [0.2, 0.25) is 0 Å². The lowest BCUT2D eigenvalue weighted by molar-refractivity contribution is -0.685. The van der Waals surface area contributed by atoms with Gasteiger partial charge in [0.05, 0.1) is 18.5 Å². The summed E-state index contributed by atoms with van der Waals surface area (Å²) in [5, 5.41) is 8.09. The van der Waals surface area contributed by atoms with Crippen LogP contribution in [0, 0.1) is 0 Å². The van der Waals surface area contributed by atoms with Crippen molar-refractivity contribution in [1.82, 2.24) is 9.78 Å². The molecule has 0 N–H and O–H groups in total. The number of aromatic nitrogens is 3. The molecular weight excluding hydrogens is 382 g/mol. The van der Waals surface area contributed by atoms with E-state index in [2.05, 4.69) is 5.10 Å². The predicted octanol–water partition coefficient (Wildman–Crippen LogP) is -0.199. The maximum atomic E-state index is 12.3. The lowest BCUT2D eigenvalue weighted by Crippen LogP contribution is -3.00. The molecular formula is C15H14BrN3OS2. The number of hydrogen-bond acceptors (Lipinski definition) is 4. The molecule has 0 aliphatic rings. The molecule has 0 aliphatic heterocycles. The van der Waals surface area contributed by atoms with Crippen LogP contribution in [-0.4, -0.2) is 15.6 Å². The maximum Gasteiger partial charge on any atom is 0.265 e. The summed E-state index contributed by atoms with van der Waals surface area (Å²) >= 11 is 3.11. The molecule has 0 atom stereocenters. The summed E-state index contributed by atoms with van der Waals surface area (Å²) in [4.78, 5) is 14.2. The van der Waals surface area contributed by atoms with Gasteiger partial charge in [-0.1, -0.05) is 12.1 Å². The second kappa shape index (κ2) is 7.62. The molecule has 0 unspecified atom stereocenters. The number of rotatable bonds is 5. The lowest BCUT2D eigenvalue weighted by atomic mass is 10.1. The molecule has 4 nitrogen and oxygen atoms in total. The Hall–Kier alpha value is -1.57. The summed E-state index contributed by atoms with van der Waals surface area (Å²) in [5.74, 6) is 0.0536. The van der Waals surface area contributed by atoms with Crippen LogP contribution in [-0.2, 0) is 13.6 Å². The first-order valence-corrected chi connectivity index (χ1v) is 8.18. The van der Waals surface area contributed by atoms with Gasteiger partial charge in [0.1, 0.15) is 0 Å². The molecule has 0 aliphatic carbocycles. The third-order valence-electron chi connectivity index (χ3n) is 2.96. The Morgan fingerprint density at radius 2 is 1.95 bits per heavy atom. The number of allylic oxidation sites excluding steroid dienone is 2. The summed E-state index contributed by atoms with van der Waals surface area (Å²) in [6, 6.07) is 7.78. The van der Waals surface area contributed by atoms with Crippen LogP contribution >= 0.6 is 22.7 Å². The highest BCUT2D eigenvalue weighted by Crippen LogP contribution is 2.22. The summed E-state index contributed by atoms with van der Waals surface area (Å²) in [6.45, 7) is 0.630. The van der Waals surface area contributed by atoms with Gasteiger partial charge in [-0.3, -0.25) is 4.79 Å². The zero-order valence-corrected chi connectivity index (χ0v) is 15.1. The second-order valence-electron chi connectivity index (χ2n) is 4.58. The van der Waals surface area contributed by atoms with Crippen molar-refractivity contribution in [3.05, 3.63) is 63.5 Å². The molecule has 0 spiro atoms. The summed E-state index contributed by atoms with van der Waals surface area (Å²) in [7, 11) is 1.88. The van der Waals surface area contributed by atoms with Gasteiger partial charge in [0.15, 0.2) is 5.78 Å². The topological polar surface area (TPSA) is 38.8 Å². The zero-order chi connectivity index (χ0) is 14.7. The smallest absolute Gasteiger partial charge is 0.265 e. The fraction of sp³-hybridized carbons (Fsp3) is 0.133. The number of nitrogens with zero attached hydrogens (tertiary/aromatic N) is 3. The number of ketones is 1. The third kappa shape index (κ3) is 4.00. The average molecular weight is 396 g/mol. The molecule has 22 heavy (non-hydrogen) atoms. The van der Waals surface area contributed by atoms with Crippen molar-refractivity contribution in [2.45, 2.75) is 6.54 Å². The van der Waals surface area contributed by atoms with Crippen molar-refractivity contribution < 1.29 is 26.3 Å². The van der Waals surface area contributed by atoms with E-state index in [-0.39, 0.29) is 22.8 Å². The van der Waals surface area contributed by atoms with E-state index in [1.54, 1.807) is 28.4 Å². The van der Waals surface area contributed by atoms with Crippen molar-refractivity contribution in [3.63, 3.8) is 0 Å². The molecule has 3 heterocycles. The highest BCUT2D eigenvalue weighted by molar-refractivity contribution is 7.12. The molecule has 0 aromatic carbocycles. The monoisotopic (exact) mass is 395 g/mol. The molecule has 3 aromatic rings. The van der Waals surface area contributed by atoms with Crippen LogP contribution in [0.25, 0.3) is 5.57 Å². The first-order chi connectivity index (χ1) is 10.2. The largest absolute Gasteiger partial charge is 1.00 e. The third-order valence-corrected chi connectivity index (χ3v) is 4.79. The van der Waals surface area contributed by atoms with Gasteiger partial charge < -0.3 is 17.0 Å². The number of carbonyl (C=O) groups excluding carboxylic acids is 1. The minimum atomic E-state index is 0. The first kappa shape index (κ1) is 16.8. The second-order valence-corrected chi connectivity index (χ2v) is 6.48. The highest BCUT2D eigenvalue weighted by atomic mass is 79.9. The van der Waals surface area contributed by atoms with E-state index in [0.717, 1.165) is 15.3 Å². The van der Waals surface area contributed by atoms with Gasteiger partial charge >= 0.3 is 0 Å². The Labute approximate surface area is 147 Å². The Kier molecular flexibility index (Phi) is 5.82. The number of hydrogen-bond donors (Lipinski definition) is 0. The van der Waals surface area contributed by atoms with Gasteiger partial charge in [-0.2, -0.15) is 0 Å².